The van der Waals surface area contributed by atoms with Gasteiger partial charge in [-0.1, -0.05) is 11.6 Å². The molecule has 116 valence electrons. The first-order valence-corrected chi connectivity index (χ1v) is 7.97. The summed E-state index contributed by atoms with van der Waals surface area (Å²) < 4.78 is 0. The zero-order valence-corrected chi connectivity index (χ0v) is 13.8. The number of nitrogens with zero attached hydrogens (tertiary/aromatic N) is 3. The molecule has 0 spiro atoms. The molecule has 21 heavy (non-hydrogen) atoms. The van der Waals surface area contributed by atoms with Crippen LogP contribution in [0.25, 0.3) is 0 Å². The van der Waals surface area contributed by atoms with Crippen LogP contribution >= 0.6 is 11.6 Å². The molecule has 2 rings (SSSR count). The van der Waals surface area contributed by atoms with E-state index >= 15 is 0 Å². The maximum Gasteiger partial charge on any atom is 0.256 e. The Hall–Kier alpha value is -1.13. The van der Waals surface area contributed by atoms with Crippen molar-refractivity contribution >= 4 is 17.5 Å². The molecule has 1 aliphatic rings. The van der Waals surface area contributed by atoms with Crippen molar-refractivity contribution in [2.24, 2.45) is 5.92 Å². The van der Waals surface area contributed by atoms with Crippen molar-refractivity contribution in [3.05, 3.63) is 29.0 Å². The number of pyridine rings is 1. The van der Waals surface area contributed by atoms with E-state index < -0.39 is 0 Å². The maximum atomic E-state index is 12.4. The van der Waals surface area contributed by atoms with Crippen molar-refractivity contribution in [2.45, 2.75) is 32.7 Å². The number of amides is 1. The van der Waals surface area contributed by atoms with Gasteiger partial charge in [0, 0.05) is 31.9 Å². The van der Waals surface area contributed by atoms with Crippen LogP contribution in [0.4, 0.5) is 0 Å². The molecule has 0 unspecified atom stereocenters. The van der Waals surface area contributed by atoms with Gasteiger partial charge in [-0.3, -0.25) is 4.79 Å². The van der Waals surface area contributed by atoms with E-state index in [9.17, 15) is 4.79 Å². The summed E-state index contributed by atoms with van der Waals surface area (Å²) in [6.07, 6.45) is 3.72. The lowest BCUT2D eigenvalue weighted by Gasteiger charge is -2.35. The molecule has 2 heterocycles. The van der Waals surface area contributed by atoms with Gasteiger partial charge in [0.05, 0.1) is 5.56 Å². The Bertz CT molecular complexity index is 484. The molecule has 1 aromatic rings. The molecular formula is C16H24ClN3O. The first-order chi connectivity index (χ1) is 9.99. The lowest BCUT2D eigenvalue weighted by atomic mass is 9.95. The van der Waals surface area contributed by atoms with Crippen molar-refractivity contribution in [1.82, 2.24) is 14.8 Å². The number of carbonyl (C=O) groups is 1. The van der Waals surface area contributed by atoms with Crippen LogP contribution in [0.5, 0.6) is 0 Å². The number of carbonyl (C=O) groups excluding carboxylic acids is 1. The Morgan fingerprint density at radius 1 is 1.48 bits per heavy atom. The highest BCUT2D eigenvalue weighted by molar-refractivity contribution is 6.32. The van der Waals surface area contributed by atoms with E-state index in [0.29, 0.717) is 22.7 Å². The minimum atomic E-state index is 0.00349. The van der Waals surface area contributed by atoms with Gasteiger partial charge in [-0.05, 0) is 51.8 Å². The number of hydrogen-bond acceptors (Lipinski definition) is 3. The molecule has 1 aromatic heterocycles. The van der Waals surface area contributed by atoms with Gasteiger partial charge in [0.2, 0.25) is 0 Å². The van der Waals surface area contributed by atoms with E-state index in [2.05, 4.69) is 30.8 Å². The van der Waals surface area contributed by atoms with E-state index in [0.717, 1.165) is 32.5 Å². The van der Waals surface area contributed by atoms with Crippen molar-refractivity contribution in [3.8, 4) is 0 Å². The summed E-state index contributed by atoms with van der Waals surface area (Å²) in [6, 6.07) is 4.07. The molecule has 4 nitrogen and oxygen atoms in total. The van der Waals surface area contributed by atoms with E-state index in [1.165, 1.54) is 0 Å². The van der Waals surface area contributed by atoms with Gasteiger partial charge in [0.15, 0.2) is 0 Å². The third kappa shape index (κ3) is 4.17. The monoisotopic (exact) mass is 309 g/mol. The van der Waals surface area contributed by atoms with Crippen LogP contribution in [-0.2, 0) is 0 Å². The number of rotatable bonds is 4. The summed E-state index contributed by atoms with van der Waals surface area (Å²) in [5, 5.41) is 0.296. The Morgan fingerprint density at radius 2 is 2.14 bits per heavy atom. The summed E-state index contributed by atoms with van der Waals surface area (Å²) in [4.78, 5) is 20.7. The topological polar surface area (TPSA) is 36.4 Å². The summed E-state index contributed by atoms with van der Waals surface area (Å²) in [6.45, 7) is 7.14. The van der Waals surface area contributed by atoms with Crippen molar-refractivity contribution in [2.75, 3.05) is 26.7 Å². The number of aromatic nitrogens is 1. The lowest BCUT2D eigenvalue weighted by Crippen LogP contribution is -2.42. The van der Waals surface area contributed by atoms with Crippen molar-refractivity contribution < 1.29 is 4.79 Å². The van der Waals surface area contributed by atoms with Gasteiger partial charge in [0.1, 0.15) is 5.15 Å². The molecule has 1 saturated heterocycles. The molecule has 1 amide bonds. The van der Waals surface area contributed by atoms with E-state index in [1.54, 1.807) is 18.3 Å². The number of likely N-dealkylation sites (tertiary alicyclic amines) is 1. The molecule has 0 N–H and O–H groups in total. The van der Waals surface area contributed by atoms with E-state index in [4.69, 9.17) is 11.6 Å². The normalized spacial score (nSPS) is 16.8. The summed E-state index contributed by atoms with van der Waals surface area (Å²) in [5.74, 6) is 0.676. The van der Waals surface area contributed by atoms with Gasteiger partial charge in [-0.25, -0.2) is 4.98 Å². The molecule has 0 aliphatic carbocycles. The van der Waals surface area contributed by atoms with Crippen LogP contribution in [0.1, 0.15) is 37.0 Å². The molecule has 0 saturated carbocycles. The Labute approximate surface area is 132 Å². The fourth-order valence-corrected chi connectivity index (χ4v) is 2.85. The molecule has 0 atom stereocenters. The van der Waals surface area contributed by atoms with Crippen molar-refractivity contribution in [3.63, 3.8) is 0 Å². The molecule has 1 aliphatic heterocycles. The molecule has 5 heteroatoms. The quantitative estimate of drug-likeness (QED) is 0.802. The zero-order chi connectivity index (χ0) is 15.4. The first-order valence-electron chi connectivity index (χ1n) is 7.59. The van der Waals surface area contributed by atoms with E-state index in [1.807, 2.05) is 4.90 Å². The first kappa shape index (κ1) is 16.2. The predicted molar refractivity (Wildman–Crippen MR) is 85.6 cm³/mol. The fraction of sp³-hybridized carbons (Fsp3) is 0.625. The smallest absolute Gasteiger partial charge is 0.256 e. The molecule has 0 aromatic carbocycles. The lowest BCUT2D eigenvalue weighted by molar-refractivity contribution is 0.0666. The van der Waals surface area contributed by atoms with Crippen LogP contribution in [0.3, 0.4) is 0 Å². The highest BCUT2D eigenvalue weighted by Crippen LogP contribution is 2.22. The van der Waals surface area contributed by atoms with Gasteiger partial charge >= 0.3 is 0 Å². The summed E-state index contributed by atoms with van der Waals surface area (Å²) in [7, 11) is 2.16. The Kier molecular flexibility index (Phi) is 5.59. The van der Waals surface area contributed by atoms with Crippen LogP contribution in [0.15, 0.2) is 18.3 Å². The maximum absolute atomic E-state index is 12.4. The number of piperidine rings is 1. The average Bonchev–Trinajstić information content (AvgIpc) is 2.47. The standard InChI is InChI=1S/C16H24ClN3O/c1-12(2)19(3)11-13-6-9-20(10-7-13)16(21)14-5-4-8-18-15(14)17/h4-5,8,12-13H,6-7,9-11H2,1-3H3. The Morgan fingerprint density at radius 3 is 2.71 bits per heavy atom. The zero-order valence-electron chi connectivity index (χ0n) is 13.1. The van der Waals surface area contributed by atoms with Gasteiger partial charge in [0.25, 0.3) is 5.91 Å². The van der Waals surface area contributed by atoms with Crippen LogP contribution in [0, 0.1) is 5.92 Å². The largest absolute Gasteiger partial charge is 0.339 e. The van der Waals surface area contributed by atoms with Crippen LogP contribution in [-0.4, -0.2) is 53.4 Å². The van der Waals surface area contributed by atoms with Gasteiger partial charge in [-0.15, -0.1) is 0 Å². The van der Waals surface area contributed by atoms with Crippen LogP contribution < -0.4 is 0 Å². The molecule has 1 fully saturated rings. The average molecular weight is 310 g/mol. The second-order valence-corrected chi connectivity index (χ2v) is 6.47. The van der Waals surface area contributed by atoms with Gasteiger partial charge in [-0.2, -0.15) is 0 Å². The minimum Gasteiger partial charge on any atom is -0.339 e. The molecule has 0 bridgehead atoms. The SMILES string of the molecule is CC(C)N(C)CC1CCN(C(=O)c2cccnc2Cl)CC1. The summed E-state index contributed by atoms with van der Waals surface area (Å²) >= 11 is 6.01. The predicted octanol–water partition coefficient (Wildman–Crippen LogP) is 2.93. The van der Waals surface area contributed by atoms with E-state index in [-0.39, 0.29) is 5.91 Å². The Balaban J connectivity index is 1.89. The second kappa shape index (κ2) is 7.23. The molecule has 0 radical (unpaired) electrons. The van der Waals surface area contributed by atoms with Crippen molar-refractivity contribution in [1.29, 1.82) is 0 Å². The molecular weight excluding hydrogens is 286 g/mol. The van der Waals surface area contributed by atoms with Gasteiger partial charge < -0.3 is 9.80 Å². The number of hydrogen-bond donors (Lipinski definition) is 0. The highest BCUT2D eigenvalue weighted by Gasteiger charge is 2.25. The third-order valence-corrected chi connectivity index (χ3v) is 4.62. The third-order valence-electron chi connectivity index (χ3n) is 4.32. The second-order valence-electron chi connectivity index (χ2n) is 6.11. The van der Waals surface area contributed by atoms with Crippen LogP contribution in [0.2, 0.25) is 5.15 Å². The highest BCUT2D eigenvalue weighted by atomic mass is 35.5. The minimum absolute atomic E-state index is 0.00349. The summed E-state index contributed by atoms with van der Waals surface area (Å²) in [5.41, 5.74) is 0.511. The fourth-order valence-electron chi connectivity index (χ4n) is 2.65. The number of halogens is 1.